The molecule has 290 valence electrons. The van der Waals surface area contributed by atoms with Gasteiger partial charge in [-0.15, -0.1) is 0 Å². The molecule has 2 atom stereocenters. The number of aliphatic hydroxyl groups is 1. The van der Waals surface area contributed by atoms with Crippen molar-refractivity contribution in [3.8, 4) is 5.75 Å². The number of fused-ring (bicyclic) bond motifs is 1. The Bertz CT molecular complexity index is 2120. The Kier molecular flexibility index (Phi) is 13.5. The number of hydrogen-bond donors (Lipinski definition) is 4. The first-order valence-corrected chi connectivity index (χ1v) is 21.6. The summed E-state index contributed by atoms with van der Waals surface area (Å²) in [5, 5.41) is 18.8. The average molecular weight is 764 g/mol. The third kappa shape index (κ3) is 10.2. The number of anilines is 1. The van der Waals surface area contributed by atoms with E-state index in [1.165, 1.54) is 13.2 Å². The SMILES string of the molecule is COC(=O)C(O)(c1ccccc1)c1cccc(NC(=O)CCCCNCC(O[Si](C)(C)C(C)(C)C)c2ccc(OCc3ccccc3)c3[nH]c(=O)ccc23)c1. The summed E-state index contributed by atoms with van der Waals surface area (Å²) in [6, 6.07) is 32.4. The van der Waals surface area contributed by atoms with Crippen LogP contribution in [0.4, 0.5) is 5.69 Å². The Labute approximate surface area is 324 Å². The number of carbonyl (C=O) groups is 2. The normalized spacial score (nSPS) is 13.5. The molecule has 5 rings (SSSR count). The van der Waals surface area contributed by atoms with Crippen LogP contribution in [0.25, 0.3) is 10.9 Å². The molecule has 4 N–H and O–H groups in total. The van der Waals surface area contributed by atoms with Crippen molar-refractivity contribution in [2.75, 3.05) is 25.5 Å². The smallest absolute Gasteiger partial charge is 0.347 e. The number of hydrogen-bond acceptors (Lipinski definition) is 8. The number of aromatic amines is 1. The number of ether oxygens (including phenoxy) is 2. The number of unbranched alkanes of at least 4 members (excludes halogenated alkanes) is 1. The molecule has 2 unspecified atom stereocenters. The number of rotatable bonds is 17. The molecule has 1 aromatic heterocycles. The lowest BCUT2D eigenvalue weighted by Crippen LogP contribution is -2.43. The van der Waals surface area contributed by atoms with Gasteiger partial charge in [0.2, 0.25) is 17.1 Å². The average Bonchev–Trinajstić information content (AvgIpc) is 3.17. The van der Waals surface area contributed by atoms with Crippen molar-refractivity contribution < 1.29 is 28.6 Å². The van der Waals surface area contributed by atoms with Gasteiger partial charge in [0.25, 0.3) is 0 Å². The minimum atomic E-state index is -2.23. The third-order valence-electron chi connectivity index (χ3n) is 10.3. The molecule has 55 heavy (non-hydrogen) atoms. The maximum Gasteiger partial charge on any atom is 0.347 e. The second-order valence-electron chi connectivity index (χ2n) is 15.3. The Morgan fingerprint density at radius 1 is 0.855 bits per heavy atom. The highest BCUT2D eigenvalue weighted by molar-refractivity contribution is 6.74. The lowest BCUT2D eigenvalue weighted by atomic mass is 9.86. The van der Waals surface area contributed by atoms with E-state index in [0.29, 0.717) is 48.6 Å². The van der Waals surface area contributed by atoms with Crippen LogP contribution in [-0.2, 0) is 31.0 Å². The van der Waals surface area contributed by atoms with Crippen molar-refractivity contribution in [3.05, 3.63) is 142 Å². The van der Waals surface area contributed by atoms with Crippen LogP contribution in [0.1, 0.15) is 68.4 Å². The van der Waals surface area contributed by atoms with Gasteiger partial charge < -0.3 is 34.6 Å². The molecule has 1 heterocycles. The molecule has 4 aromatic carbocycles. The molecular formula is C44H53N3O7Si. The van der Waals surface area contributed by atoms with Gasteiger partial charge in [-0.2, -0.15) is 0 Å². The van der Waals surface area contributed by atoms with Gasteiger partial charge in [0.05, 0.1) is 18.7 Å². The number of benzene rings is 4. The number of carbonyl (C=O) groups excluding carboxylic acids is 2. The summed E-state index contributed by atoms with van der Waals surface area (Å²) < 4.78 is 18.2. The zero-order valence-corrected chi connectivity index (χ0v) is 33.6. The second-order valence-corrected chi connectivity index (χ2v) is 20.0. The maximum absolute atomic E-state index is 13.0. The Morgan fingerprint density at radius 3 is 2.24 bits per heavy atom. The van der Waals surface area contributed by atoms with Crippen molar-refractivity contribution in [2.24, 2.45) is 0 Å². The summed E-state index contributed by atoms with van der Waals surface area (Å²) in [7, 11) is -1.00. The van der Waals surface area contributed by atoms with E-state index in [4.69, 9.17) is 13.9 Å². The molecular weight excluding hydrogens is 711 g/mol. The van der Waals surface area contributed by atoms with E-state index < -0.39 is 19.9 Å². The lowest BCUT2D eigenvalue weighted by molar-refractivity contribution is -0.158. The molecule has 0 bridgehead atoms. The van der Waals surface area contributed by atoms with Crippen LogP contribution in [-0.4, -0.2) is 50.5 Å². The van der Waals surface area contributed by atoms with Gasteiger partial charge in [0.1, 0.15) is 12.4 Å². The fourth-order valence-electron chi connectivity index (χ4n) is 6.18. The summed E-state index contributed by atoms with van der Waals surface area (Å²) in [4.78, 5) is 41.3. The molecule has 0 aliphatic rings. The summed E-state index contributed by atoms with van der Waals surface area (Å²) in [5.41, 5.74) is 1.50. The van der Waals surface area contributed by atoms with Gasteiger partial charge in [-0.25, -0.2) is 4.79 Å². The van der Waals surface area contributed by atoms with Crippen molar-refractivity contribution in [1.82, 2.24) is 10.3 Å². The predicted molar refractivity (Wildman–Crippen MR) is 220 cm³/mol. The Hall–Kier alpha value is -5.07. The van der Waals surface area contributed by atoms with Crippen LogP contribution in [0, 0.1) is 0 Å². The lowest BCUT2D eigenvalue weighted by Gasteiger charge is -2.39. The van der Waals surface area contributed by atoms with Gasteiger partial charge in [-0.1, -0.05) is 99.6 Å². The first-order valence-electron chi connectivity index (χ1n) is 18.7. The Morgan fingerprint density at radius 2 is 1.55 bits per heavy atom. The predicted octanol–water partition coefficient (Wildman–Crippen LogP) is 7.98. The molecule has 0 radical (unpaired) electrons. The summed E-state index contributed by atoms with van der Waals surface area (Å²) >= 11 is 0. The van der Waals surface area contributed by atoms with E-state index in [2.05, 4.69) is 49.5 Å². The number of pyridine rings is 1. The molecule has 5 aromatic rings. The highest BCUT2D eigenvalue weighted by Crippen LogP contribution is 2.41. The van der Waals surface area contributed by atoms with Crippen LogP contribution in [0.3, 0.4) is 0 Å². The molecule has 0 spiro atoms. The van der Waals surface area contributed by atoms with Crippen molar-refractivity contribution in [2.45, 2.75) is 76.5 Å². The fraction of sp³-hybridized carbons (Fsp3) is 0.341. The molecule has 0 aliphatic carbocycles. The van der Waals surface area contributed by atoms with Gasteiger partial charge in [0.15, 0.2) is 8.32 Å². The van der Waals surface area contributed by atoms with Gasteiger partial charge >= 0.3 is 5.97 Å². The highest BCUT2D eigenvalue weighted by Gasteiger charge is 2.42. The van der Waals surface area contributed by atoms with Crippen LogP contribution in [0.2, 0.25) is 18.1 Å². The Balaban J connectivity index is 1.22. The zero-order valence-electron chi connectivity index (χ0n) is 32.6. The standard InChI is InChI=1S/C44H53N3O7Si/c1-43(2,3)55(5,6)54-38(35-23-25-37(41-36(35)24-26-40(49)47-41)53-30-31-16-9-7-10-17-31)29-45-27-14-13-22-39(48)46-34-21-15-20-33(28-34)44(51,42(50)52-4)32-18-11-8-12-19-32/h7-12,15-21,23-26,28,38,45,51H,13-14,22,27,29-30H2,1-6H3,(H,46,48)(H,47,49). The fourth-order valence-corrected chi connectivity index (χ4v) is 7.45. The summed E-state index contributed by atoms with van der Waals surface area (Å²) in [5.74, 6) is -0.396. The van der Waals surface area contributed by atoms with E-state index in [0.717, 1.165) is 22.9 Å². The van der Waals surface area contributed by atoms with Crippen LogP contribution in [0.15, 0.2) is 114 Å². The van der Waals surface area contributed by atoms with Gasteiger partial charge in [-0.05, 0) is 78.5 Å². The molecule has 1 amide bonds. The monoisotopic (exact) mass is 763 g/mol. The van der Waals surface area contributed by atoms with Crippen molar-refractivity contribution in [1.29, 1.82) is 0 Å². The van der Waals surface area contributed by atoms with E-state index in [9.17, 15) is 19.5 Å². The van der Waals surface area contributed by atoms with Crippen LogP contribution in [0.5, 0.6) is 5.75 Å². The first kappa shape index (κ1) is 41.1. The molecule has 11 heteroatoms. The second kappa shape index (κ2) is 18.0. The third-order valence-corrected chi connectivity index (χ3v) is 14.8. The number of esters is 1. The van der Waals surface area contributed by atoms with Crippen LogP contribution < -0.4 is 20.9 Å². The van der Waals surface area contributed by atoms with E-state index in [1.807, 2.05) is 48.5 Å². The van der Waals surface area contributed by atoms with Gasteiger partial charge in [0, 0.05) is 35.7 Å². The van der Waals surface area contributed by atoms with Crippen molar-refractivity contribution >= 4 is 36.8 Å². The largest absolute Gasteiger partial charge is 0.487 e. The summed E-state index contributed by atoms with van der Waals surface area (Å²) in [6.45, 7) is 12.7. The zero-order chi connectivity index (χ0) is 39.6. The molecule has 0 saturated heterocycles. The minimum Gasteiger partial charge on any atom is -0.487 e. The van der Waals surface area contributed by atoms with E-state index in [-0.39, 0.29) is 34.6 Å². The number of amides is 1. The molecule has 0 aliphatic heterocycles. The number of H-pyrrole nitrogens is 1. The summed E-state index contributed by atoms with van der Waals surface area (Å²) in [6.07, 6.45) is 1.38. The number of methoxy groups -OCH3 is 1. The quantitative estimate of drug-likeness (QED) is 0.0425. The van der Waals surface area contributed by atoms with E-state index >= 15 is 0 Å². The number of aromatic nitrogens is 1. The first-order chi connectivity index (χ1) is 26.2. The molecule has 10 nitrogen and oxygen atoms in total. The maximum atomic E-state index is 13.0. The topological polar surface area (TPSA) is 139 Å². The van der Waals surface area contributed by atoms with Crippen LogP contribution >= 0.6 is 0 Å². The molecule has 0 fully saturated rings. The molecule has 0 saturated carbocycles. The number of nitrogens with one attached hydrogen (secondary N) is 3. The van der Waals surface area contributed by atoms with E-state index in [1.54, 1.807) is 54.6 Å². The minimum absolute atomic E-state index is 0.0273. The van der Waals surface area contributed by atoms with Crippen molar-refractivity contribution in [3.63, 3.8) is 0 Å². The van der Waals surface area contributed by atoms with Gasteiger partial charge in [-0.3, -0.25) is 9.59 Å². The highest BCUT2D eigenvalue weighted by atomic mass is 28.4.